The van der Waals surface area contributed by atoms with Crippen molar-refractivity contribution in [2.75, 3.05) is 0 Å². The zero-order valence-electron chi connectivity index (χ0n) is 6.99. The highest BCUT2D eigenvalue weighted by Crippen LogP contribution is 2.28. The number of carbonyl (C=O) groups is 1. The van der Waals surface area contributed by atoms with E-state index in [-0.39, 0.29) is 6.29 Å². The van der Waals surface area contributed by atoms with Crippen LogP contribution in [0.1, 0.15) is 22.5 Å². The Bertz CT molecular complexity index is 425. The number of nitrogens with zero attached hydrogens (tertiary/aromatic N) is 2. The van der Waals surface area contributed by atoms with Gasteiger partial charge < -0.3 is 10.1 Å². The second kappa shape index (κ2) is 4.26. The summed E-state index contributed by atoms with van der Waals surface area (Å²) in [5.41, 5.74) is -1.40. The average molecular weight is 237 g/mol. The summed E-state index contributed by atoms with van der Waals surface area (Å²) in [7, 11) is 0. The zero-order valence-corrected chi connectivity index (χ0v) is 7.74. The van der Waals surface area contributed by atoms with Crippen LogP contribution in [0.25, 0.3) is 0 Å². The molecule has 1 aromatic rings. The Kier molecular flexibility index (Phi) is 3.25. The van der Waals surface area contributed by atoms with E-state index in [0.717, 1.165) is 6.07 Å². The van der Waals surface area contributed by atoms with E-state index in [2.05, 4.69) is 4.98 Å². The maximum absolute atomic E-state index is 12.3. The summed E-state index contributed by atoms with van der Waals surface area (Å²) in [5, 5.41) is 9.87. The predicted molar refractivity (Wildman–Crippen MR) is 46.2 cm³/mol. The Labute approximate surface area is 86.8 Å². The molecule has 0 atom stereocenters. The molecule has 1 rings (SSSR count). The lowest BCUT2D eigenvalue weighted by atomic mass is 10.2. The summed E-state index contributed by atoms with van der Waals surface area (Å²) in [4.78, 5) is 22.7. The molecule has 0 saturated heterocycles. The highest BCUT2D eigenvalue weighted by atomic mass is 35.5. The molecule has 0 aliphatic heterocycles. The maximum atomic E-state index is 12.3. The molecule has 0 fully saturated rings. The topological polar surface area (TPSA) is 73.1 Å². The molecular formula is C7H3ClF2N2O3. The van der Waals surface area contributed by atoms with Crippen molar-refractivity contribution in [3.63, 3.8) is 0 Å². The van der Waals surface area contributed by atoms with Crippen LogP contribution in [0.5, 0.6) is 0 Å². The minimum Gasteiger partial charge on any atom is -0.358 e. The van der Waals surface area contributed by atoms with E-state index in [1.165, 1.54) is 0 Å². The predicted octanol–water partition coefficient (Wildman–Crippen LogP) is 2.39. The van der Waals surface area contributed by atoms with Crippen molar-refractivity contribution in [1.82, 2.24) is 4.98 Å². The maximum Gasteiger partial charge on any atom is 0.382 e. The molecule has 0 aromatic carbocycles. The lowest BCUT2D eigenvalue weighted by Gasteiger charge is -2.00. The number of carbonyl (C=O) groups excluding carboxylic acids is 1. The second-order valence-electron chi connectivity index (χ2n) is 2.44. The van der Waals surface area contributed by atoms with Gasteiger partial charge in [0, 0.05) is 0 Å². The lowest BCUT2D eigenvalue weighted by Crippen LogP contribution is -2.02. The number of pyridine rings is 1. The van der Waals surface area contributed by atoms with Crippen LogP contribution in [-0.2, 0) is 0 Å². The van der Waals surface area contributed by atoms with Gasteiger partial charge in [-0.1, -0.05) is 11.6 Å². The van der Waals surface area contributed by atoms with Gasteiger partial charge in [0.2, 0.25) is 5.69 Å². The molecule has 0 saturated carbocycles. The molecule has 1 aromatic heterocycles. The SMILES string of the molecule is O=Cc1cc(Cl)c([N+](=O)[O-])nc1C(F)F. The van der Waals surface area contributed by atoms with Crippen molar-refractivity contribution >= 4 is 23.7 Å². The van der Waals surface area contributed by atoms with Gasteiger partial charge in [-0.15, -0.1) is 0 Å². The molecule has 0 aliphatic rings. The van der Waals surface area contributed by atoms with E-state index in [0.29, 0.717) is 0 Å². The standard InChI is InChI=1S/C7H3ClF2N2O3/c8-4-1-3(2-13)5(6(9)10)11-7(4)12(14)15/h1-2,6H. The van der Waals surface area contributed by atoms with Gasteiger partial charge in [0.15, 0.2) is 6.29 Å². The monoisotopic (exact) mass is 236 g/mol. The summed E-state index contributed by atoms with van der Waals surface area (Å²) in [6.07, 6.45) is -2.95. The summed E-state index contributed by atoms with van der Waals surface area (Å²) >= 11 is 5.37. The first-order valence-electron chi connectivity index (χ1n) is 3.55. The van der Waals surface area contributed by atoms with Crippen molar-refractivity contribution in [3.8, 4) is 0 Å². The van der Waals surface area contributed by atoms with Gasteiger partial charge in [-0.3, -0.25) is 4.79 Å². The molecule has 1 heterocycles. The number of rotatable bonds is 3. The summed E-state index contributed by atoms with van der Waals surface area (Å²) < 4.78 is 24.6. The van der Waals surface area contributed by atoms with Crippen LogP contribution >= 0.6 is 11.6 Å². The number of hydrogen-bond donors (Lipinski definition) is 0. The van der Waals surface area contributed by atoms with Gasteiger partial charge in [0.05, 0.1) is 5.56 Å². The molecule has 5 nitrogen and oxygen atoms in total. The molecule has 0 unspecified atom stereocenters. The summed E-state index contributed by atoms with van der Waals surface area (Å²) in [6.45, 7) is 0. The van der Waals surface area contributed by atoms with Gasteiger partial charge in [0.1, 0.15) is 5.02 Å². The average Bonchev–Trinajstić information content (AvgIpc) is 2.16. The minimum atomic E-state index is -3.07. The number of nitro groups is 1. The quantitative estimate of drug-likeness (QED) is 0.459. The van der Waals surface area contributed by atoms with E-state index >= 15 is 0 Å². The van der Waals surface area contributed by atoms with Crippen LogP contribution in [0.15, 0.2) is 6.07 Å². The molecule has 15 heavy (non-hydrogen) atoms. The Hall–Kier alpha value is -1.63. The van der Waals surface area contributed by atoms with Crippen LogP contribution < -0.4 is 0 Å². The number of aromatic nitrogens is 1. The third-order valence-corrected chi connectivity index (χ3v) is 1.80. The Morgan fingerprint density at radius 3 is 2.60 bits per heavy atom. The van der Waals surface area contributed by atoms with Gasteiger partial charge >= 0.3 is 12.2 Å². The largest absolute Gasteiger partial charge is 0.382 e. The van der Waals surface area contributed by atoms with Crippen LogP contribution in [0.4, 0.5) is 14.6 Å². The zero-order chi connectivity index (χ0) is 11.6. The van der Waals surface area contributed by atoms with Crippen molar-refractivity contribution in [2.45, 2.75) is 6.43 Å². The van der Waals surface area contributed by atoms with Gasteiger partial charge in [-0.05, 0) is 16.0 Å². The molecule has 0 radical (unpaired) electrons. The highest BCUT2D eigenvalue weighted by molar-refractivity contribution is 6.32. The van der Waals surface area contributed by atoms with Crippen molar-refractivity contribution in [1.29, 1.82) is 0 Å². The first-order chi connectivity index (χ1) is 6.97. The molecule has 0 N–H and O–H groups in total. The molecule has 0 bridgehead atoms. The minimum absolute atomic E-state index is 0.115. The lowest BCUT2D eigenvalue weighted by molar-refractivity contribution is -0.389. The second-order valence-corrected chi connectivity index (χ2v) is 2.85. The fraction of sp³-hybridized carbons (Fsp3) is 0.143. The first kappa shape index (κ1) is 11.4. The molecule has 0 aliphatic carbocycles. The van der Waals surface area contributed by atoms with Gasteiger partial charge in [-0.25, -0.2) is 8.78 Å². The van der Waals surface area contributed by atoms with Gasteiger partial charge in [0.25, 0.3) is 0 Å². The van der Waals surface area contributed by atoms with E-state index in [1.54, 1.807) is 0 Å². The van der Waals surface area contributed by atoms with E-state index in [4.69, 9.17) is 11.6 Å². The highest BCUT2D eigenvalue weighted by Gasteiger charge is 2.26. The summed E-state index contributed by atoms with van der Waals surface area (Å²) in [5.74, 6) is -0.891. The molecule has 0 spiro atoms. The smallest absolute Gasteiger partial charge is 0.358 e. The fourth-order valence-electron chi connectivity index (χ4n) is 0.904. The van der Waals surface area contributed by atoms with Gasteiger partial charge in [-0.2, -0.15) is 0 Å². The number of alkyl halides is 2. The third-order valence-electron chi connectivity index (χ3n) is 1.52. The Balaban J connectivity index is 3.43. The number of aldehydes is 1. The molecule has 80 valence electrons. The van der Waals surface area contributed by atoms with E-state index in [1.807, 2.05) is 0 Å². The Morgan fingerprint density at radius 2 is 2.20 bits per heavy atom. The number of hydrogen-bond acceptors (Lipinski definition) is 4. The van der Waals surface area contributed by atoms with Crippen LogP contribution in [0, 0.1) is 10.1 Å². The van der Waals surface area contributed by atoms with Crippen molar-refractivity contribution in [2.24, 2.45) is 0 Å². The normalized spacial score (nSPS) is 10.4. The van der Waals surface area contributed by atoms with Crippen LogP contribution in [0.2, 0.25) is 5.02 Å². The van der Waals surface area contributed by atoms with Crippen LogP contribution in [-0.4, -0.2) is 16.2 Å². The Morgan fingerprint density at radius 1 is 1.60 bits per heavy atom. The first-order valence-corrected chi connectivity index (χ1v) is 3.93. The molecule has 8 heteroatoms. The fourth-order valence-corrected chi connectivity index (χ4v) is 1.13. The molecule has 0 amide bonds. The summed E-state index contributed by atoms with van der Waals surface area (Å²) in [6, 6.07) is 0.793. The molecular weight excluding hydrogens is 234 g/mol. The third kappa shape index (κ3) is 2.24. The van der Waals surface area contributed by atoms with Crippen LogP contribution in [0.3, 0.4) is 0 Å². The number of halogens is 3. The van der Waals surface area contributed by atoms with Crippen molar-refractivity contribution < 1.29 is 18.5 Å². The van der Waals surface area contributed by atoms with Crippen molar-refractivity contribution in [3.05, 3.63) is 32.5 Å². The van der Waals surface area contributed by atoms with E-state index < -0.39 is 33.4 Å². The van der Waals surface area contributed by atoms with E-state index in [9.17, 15) is 23.7 Å².